The quantitative estimate of drug-likeness (QED) is 0.782. The Morgan fingerprint density at radius 3 is 2.58 bits per heavy atom. The van der Waals surface area contributed by atoms with Gasteiger partial charge in [0.1, 0.15) is 5.75 Å². The summed E-state index contributed by atoms with van der Waals surface area (Å²) in [6.07, 6.45) is 2.48. The van der Waals surface area contributed by atoms with Crippen LogP contribution in [0.15, 0.2) is 42.5 Å². The van der Waals surface area contributed by atoms with E-state index in [-0.39, 0.29) is 11.9 Å². The minimum atomic E-state index is 0.166. The number of nitrogens with zero attached hydrogens (tertiary/aromatic N) is 1. The molecule has 0 saturated carbocycles. The smallest absolute Gasteiger partial charge is 0.160 e. The molecule has 1 aliphatic heterocycles. The number of hydrogen-bond acceptors (Lipinski definition) is 5. The lowest BCUT2D eigenvalue weighted by molar-refractivity contribution is 0.0676. The van der Waals surface area contributed by atoms with Gasteiger partial charge in [-0.05, 0) is 36.6 Å². The van der Waals surface area contributed by atoms with Crippen molar-refractivity contribution in [3.05, 3.63) is 53.6 Å². The van der Waals surface area contributed by atoms with E-state index < -0.39 is 0 Å². The number of ether oxygens (including phenoxy) is 3. The predicted molar refractivity (Wildman–Crippen MR) is 101 cm³/mol. The van der Waals surface area contributed by atoms with Crippen LogP contribution in [0.25, 0.3) is 0 Å². The maximum atomic E-state index is 10.1. The van der Waals surface area contributed by atoms with Crippen molar-refractivity contribution in [3.63, 3.8) is 0 Å². The van der Waals surface area contributed by atoms with Crippen molar-refractivity contribution in [2.24, 2.45) is 0 Å². The van der Waals surface area contributed by atoms with Gasteiger partial charge in [0, 0.05) is 31.8 Å². The van der Waals surface area contributed by atoms with E-state index in [4.69, 9.17) is 14.2 Å². The second kappa shape index (κ2) is 8.92. The number of methoxy groups -OCH3 is 2. The number of phenolic OH excluding ortho intramolecular Hbond substituents is 1. The highest BCUT2D eigenvalue weighted by Gasteiger charge is 2.20. The molecule has 140 valence electrons. The molecule has 2 aromatic carbocycles. The second-order valence-electron chi connectivity index (χ2n) is 6.62. The normalized spacial score (nSPS) is 16.8. The van der Waals surface area contributed by atoms with E-state index in [0.29, 0.717) is 5.75 Å². The number of hydrogen-bond donors (Lipinski definition) is 1. The Labute approximate surface area is 155 Å². The Hall–Kier alpha value is -2.24. The van der Waals surface area contributed by atoms with Gasteiger partial charge < -0.3 is 19.3 Å². The molecule has 1 saturated heterocycles. The molecule has 1 aliphatic rings. The lowest BCUT2D eigenvalue weighted by Gasteiger charge is -2.26. The molecule has 1 fully saturated rings. The van der Waals surface area contributed by atoms with Gasteiger partial charge in [-0.25, -0.2) is 0 Å². The number of benzene rings is 2. The summed E-state index contributed by atoms with van der Waals surface area (Å²) in [6, 6.07) is 13.6. The second-order valence-corrected chi connectivity index (χ2v) is 6.62. The topological polar surface area (TPSA) is 51.2 Å². The van der Waals surface area contributed by atoms with Gasteiger partial charge in [0.15, 0.2) is 11.5 Å². The molecule has 1 N–H and O–H groups in total. The van der Waals surface area contributed by atoms with Crippen molar-refractivity contribution in [1.82, 2.24) is 4.90 Å². The standard InChI is InChI=1S/C21H27NO4/c1-24-20-8-4-3-6-17(20)14-22(15-18-7-5-11-26-18)13-16-9-10-21(25-2)19(23)12-16/h3-4,6,8-10,12,18,23H,5,7,11,13-15H2,1-2H3/t18-/m0/s1. The molecule has 0 radical (unpaired) electrons. The van der Waals surface area contributed by atoms with Crippen LogP contribution in [-0.2, 0) is 17.8 Å². The van der Waals surface area contributed by atoms with Crippen molar-refractivity contribution in [2.45, 2.75) is 32.0 Å². The highest BCUT2D eigenvalue weighted by Crippen LogP contribution is 2.28. The largest absolute Gasteiger partial charge is 0.504 e. The molecule has 5 nitrogen and oxygen atoms in total. The van der Waals surface area contributed by atoms with Crippen molar-refractivity contribution >= 4 is 0 Å². The van der Waals surface area contributed by atoms with E-state index in [2.05, 4.69) is 11.0 Å². The van der Waals surface area contributed by atoms with Crippen LogP contribution < -0.4 is 9.47 Å². The average molecular weight is 357 g/mol. The molecule has 1 heterocycles. The van der Waals surface area contributed by atoms with E-state index >= 15 is 0 Å². The zero-order valence-electron chi connectivity index (χ0n) is 15.5. The molecule has 0 amide bonds. The summed E-state index contributed by atoms with van der Waals surface area (Å²) in [4.78, 5) is 2.34. The van der Waals surface area contributed by atoms with Crippen molar-refractivity contribution in [2.75, 3.05) is 27.4 Å². The van der Waals surface area contributed by atoms with Gasteiger partial charge in [0.05, 0.1) is 20.3 Å². The van der Waals surface area contributed by atoms with Crippen LogP contribution in [-0.4, -0.2) is 43.5 Å². The molecule has 0 spiro atoms. The zero-order valence-corrected chi connectivity index (χ0v) is 15.5. The van der Waals surface area contributed by atoms with Gasteiger partial charge in [-0.2, -0.15) is 0 Å². The van der Waals surface area contributed by atoms with Crippen LogP contribution in [0, 0.1) is 0 Å². The molecular formula is C21H27NO4. The summed E-state index contributed by atoms with van der Waals surface area (Å²) < 4.78 is 16.5. The average Bonchev–Trinajstić information content (AvgIpc) is 3.15. The van der Waals surface area contributed by atoms with Crippen LogP contribution in [0.2, 0.25) is 0 Å². The Kier molecular flexibility index (Phi) is 6.36. The van der Waals surface area contributed by atoms with Crippen LogP contribution in [0.3, 0.4) is 0 Å². The fourth-order valence-electron chi connectivity index (χ4n) is 3.43. The summed E-state index contributed by atoms with van der Waals surface area (Å²) >= 11 is 0. The van der Waals surface area contributed by atoms with Crippen molar-refractivity contribution in [3.8, 4) is 17.2 Å². The summed E-state index contributed by atoms with van der Waals surface area (Å²) in [7, 11) is 3.25. The molecule has 0 bridgehead atoms. The maximum absolute atomic E-state index is 10.1. The van der Waals surface area contributed by atoms with Gasteiger partial charge in [-0.3, -0.25) is 4.90 Å². The number of phenols is 1. The Balaban J connectivity index is 1.77. The third kappa shape index (κ3) is 4.68. The first-order valence-electron chi connectivity index (χ1n) is 9.01. The molecule has 0 unspecified atom stereocenters. The highest BCUT2D eigenvalue weighted by molar-refractivity contribution is 5.41. The Morgan fingerprint density at radius 2 is 1.88 bits per heavy atom. The molecule has 0 aromatic heterocycles. The molecular weight excluding hydrogens is 330 g/mol. The van der Waals surface area contributed by atoms with Gasteiger partial charge in [0.2, 0.25) is 0 Å². The summed E-state index contributed by atoms with van der Waals surface area (Å²) in [5.74, 6) is 1.55. The molecule has 3 rings (SSSR count). The molecule has 2 aromatic rings. The predicted octanol–water partition coefficient (Wildman–Crippen LogP) is 3.59. The van der Waals surface area contributed by atoms with Crippen LogP contribution >= 0.6 is 0 Å². The first-order chi connectivity index (χ1) is 12.7. The van der Waals surface area contributed by atoms with Crippen LogP contribution in [0.5, 0.6) is 17.2 Å². The van der Waals surface area contributed by atoms with Gasteiger partial charge in [-0.1, -0.05) is 24.3 Å². The summed E-state index contributed by atoms with van der Waals surface area (Å²) in [5.41, 5.74) is 2.18. The lowest BCUT2D eigenvalue weighted by Crippen LogP contribution is -2.31. The monoisotopic (exact) mass is 357 g/mol. The van der Waals surface area contributed by atoms with Crippen LogP contribution in [0.1, 0.15) is 24.0 Å². The summed E-state index contributed by atoms with van der Waals surface area (Å²) in [5, 5.41) is 10.1. The SMILES string of the molecule is COc1ccc(CN(Cc2ccccc2OC)C[C@@H]2CCCO2)cc1O. The van der Waals surface area contributed by atoms with E-state index in [1.165, 1.54) is 0 Å². The lowest BCUT2D eigenvalue weighted by atomic mass is 10.1. The first kappa shape index (κ1) is 18.5. The number of para-hydroxylation sites is 1. The van der Waals surface area contributed by atoms with Gasteiger partial charge in [0.25, 0.3) is 0 Å². The Morgan fingerprint density at radius 1 is 1.08 bits per heavy atom. The number of aromatic hydroxyl groups is 1. The maximum Gasteiger partial charge on any atom is 0.160 e. The third-order valence-corrected chi connectivity index (χ3v) is 4.72. The minimum absolute atomic E-state index is 0.166. The molecule has 26 heavy (non-hydrogen) atoms. The fraction of sp³-hybridized carbons (Fsp3) is 0.429. The molecule has 1 atom stereocenters. The highest BCUT2D eigenvalue weighted by atomic mass is 16.5. The van der Waals surface area contributed by atoms with Crippen molar-refractivity contribution < 1.29 is 19.3 Å². The molecule has 5 heteroatoms. The van der Waals surface area contributed by atoms with E-state index in [1.54, 1.807) is 26.4 Å². The van der Waals surface area contributed by atoms with Crippen LogP contribution in [0.4, 0.5) is 0 Å². The molecule has 0 aliphatic carbocycles. The fourth-order valence-corrected chi connectivity index (χ4v) is 3.43. The van der Waals surface area contributed by atoms with E-state index in [0.717, 1.165) is 56.0 Å². The number of rotatable bonds is 8. The van der Waals surface area contributed by atoms with E-state index in [9.17, 15) is 5.11 Å². The first-order valence-corrected chi connectivity index (χ1v) is 9.01. The van der Waals surface area contributed by atoms with Crippen molar-refractivity contribution in [1.29, 1.82) is 0 Å². The Bertz CT molecular complexity index is 713. The van der Waals surface area contributed by atoms with Gasteiger partial charge >= 0.3 is 0 Å². The summed E-state index contributed by atoms with van der Waals surface area (Å²) in [6.45, 7) is 3.17. The van der Waals surface area contributed by atoms with Gasteiger partial charge in [-0.15, -0.1) is 0 Å². The van der Waals surface area contributed by atoms with E-state index in [1.807, 2.05) is 24.3 Å². The zero-order chi connectivity index (χ0) is 18.4. The minimum Gasteiger partial charge on any atom is -0.504 e. The third-order valence-electron chi connectivity index (χ3n) is 4.72.